The van der Waals surface area contributed by atoms with E-state index in [4.69, 9.17) is 11.6 Å². The van der Waals surface area contributed by atoms with Crippen molar-refractivity contribution in [3.8, 4) is 11.4 Å². The first-order valence-corrected chi connectivity index (χ1v) is 14.3. The summed E-state index contributed by atoms with van der Waals surface area (Å²) in [5, 5.41) is 33.7. The molecule has 1 fully saturated rings. The average molecular weight is 587 g/mol. The van der Waals surface area contributed by atoms with Gasteiger partial charge in [0.05, 0.1) is 29.9 Å². The van der Waals surface area contributed by atoms with Gasteiger partial charge in [0.25, 0.3) is 15.9 Å². The molecule has 0 spiro atoms. The van der Waals surface area contributed by atoms with Crippen molar-refractivity contribution in [1.29, 1.82) is 0 Å². The molecule has 1 amide bonds. The number of benzene rings is 1. The Kier molecular flexibility index (Phi) is 7.50. The van der Waals surface area contributed by atoms with Gasteiger partial charge in [-0.1, -0.05) is 11.6 Å². The third-order valence-corrected chi connectivity index (χ3v) is 8.97. The van der Waals surface area contributed by atoms with E-state index in [2.05, 4.69) is 15.0 Å². The lowest BCUT2D eigenvalue weighted by Gasteiger charge is -2.48. The van der Waals surface area contributed by atoms with Crippen molar-refractivity contribution in [2.75, 3.05) is 13.1 Å². The second kappa shape index (κ2) is 10.7. The molecule has 3 N–H and O–H groups in total. The Hall–Kier alpha value is -3.62. The number of aliphatic hydroxyl groups excluding tert-OH is 2. The van der Waals surface area contributed by atoms with E-state index >= 15 is 0 Å². The lowest BCUT2D eigenvalue weighted by molar-refractivity contribution is -0.605. The molecule has 0 bridgehead atoms. The maximum atomic E-state index is 13.7. The Morgan fingerprint density at radius 1 is 1.07 bits per heavy atom. The molecular formula is C26H27ClN6O6S. The number of rotatable bonds is 6. The number of nitrogens with zero attached hydrogens (tertiary/aromatic N) is 5. The van der Waals surface area contributed by atoms with Crippen LogP contribution in [0.2, 0.25) is 5.02 Å². The van der Waals surface area contributed by atoms with Crippen LogP contribution in [0.25, 0.3) is 22.3 Å². The first-order valence-electron chi connectivity index (χ1n) is 12.4. The highest BCUT2D eigenvalue weighted by molar-refractivity contribution is 7.89. The predicted molar refractivity (Wildman–Crippen MR) is 146 cm³/mol. The number of carbonyl (C=O) groups excluding carboxylic acids is 1. The number of hydrogen-bond donors (Lipinski definition) is 3. The molecule has 12 nitrogen and oxygen atoms in total. The zero-order chi connectivity index (χ0) is 28.8. The molecule has 14 heteroatoms. The predicted octanol–water partition coefficient (Wildman–Crippen LogP) is 1.56. The fraction of sp³-hybridized carbons (Fsp3) is 0.308. The number of pyridine rings is 1. The van der Waals surface area contributed by atoms with E-state index < -0.39 is 40.2 Å². The van der Waals surface area contributed by atoms with E-state index in [1.165, 1.54) is 61.7 Å². The first kappa shape index (κ1) is 27.9. The normalized spacial score (nSPS) is 20.0. The van der Waals surface area contributed by atoms with Crippen LogP contribution in [0.3, 0.4) is 0 Å². The maximum Gasteiger partial charge on any atom is 0.258 e. The van der Waals surface area contributed by atoms with Crippen LogP contribution in [0.4, 0.5) is 0 Å². The summed E-state index contributed by atoms with van der Waals surface area (Å²) in [5.41, 5.74) is 1.26. The summed E-state index contributed by atoms with van der Waals surface area (Å²) in [6, 6.07) is 7.57. The fourth-order valence-corrected chi connectivity index (χ4v) is 6.51. The Morgan fingerprint density at radius 3 is 2.25 bits per heavy atom. The molecule has 1 aliphatic heterocycles. The van der Waals surface area contributed by atoms with Gasteiger partial charge in [-0.3, -0.25) is 4.79 Å². The largest absolute Gasteiger partial charge is 0.619 e. The molecule has 0 radical (unpaired) electrons. The molecule has 0 saturated carbocycles. The number of carbonyl (C=O) groups is 1. The standard InChI is InChI=1S/C26H27ClN6O6S/c1-15(34)22-13-32(40(38,39)24-10-18-9-20(27)3-4-21(18)30-24)14-23(16(2)35)33(22)26(36)19-11-28-25(29-12-19)17-5-7-31(37)8-6-17/h3-12,15-16,22-23,30,34-35H,13-14H2,1-2H3. The van der Waals surface area contributed by atoms with Gasteiger partial charge in [-0.2, -0.15) is 9.04 Å². The topological polar surface area (TPSA) is 167 Å². The lowest BCUT2D eigenvalue weighted by atomic mass is 9.99. The van der Waals surface area contributed by atoms with Gasteiger partial charge in [-0.25, -0.2) is 18.4 Å². The van der Waals surface area contributed by atoms with E-state index in [0.29, 0.717) is 32.0 Å². The van der Waals surface area contributed by atoms with Gasteiger partial charge in [0.15, 0.2) is 18.2 Å². The van der Waals surface area contributed by atoms with E-state index in [1.54, 1.807) is 18.2 Å². The highest BCUT2D eigenvalue weighted by Crippen LogP contribution is 2.30. The molecule has 4 unspecified atom stereocenters. The van der Waals surface area contributed by atoms with Gasteiger partial charge >= 0.3 is 0 Å². The summed E-state index contributed by atoms with van der Waals surface area (Å²) < 4.78 is 29.1. The van der Waals surface area contributed by atoms with Crippen molar-refractivity contribution >= 4 is 38.4 Å². The summed E-state index contributed by atoms with van der Waals surface area (Å²) in [6.07, 6.45) is 2.98. The molecule has 40 heavy (non-hydrogen) atoms. The minimum atomic E-state index is -4.10. The van der Waals surface area contributed by atoms with Crippen LogP contribution >= 0.6 is 11.6 Å². The van der Waals surface area contributed by atoms with Crippen LogP contribution in [0.5, 0.6) is 0 Å². The zero-order valence-electron chi connectivity index (χ0n) is 21.5. The molecule has 1 saturated heterocycles. The van der Waals surface area contributed by atoms with Crippen LogP contribution in [-0.4, -0.2) is 86.1 Å². The zero-order valence-corrected chi connectivity index (χ0v) is 23.1. The summed E-state index contributed by atoms with van der Waals surface area (Å²) >= 11 is 6.05. The van der Waals surface area contributed by atoms with Crippen molar-refractivity contribution < 1.29 is 28.2 Å². The number of halogens is 1. The quantitative estimate of drug-likeness (QED) is 0.226. The molecule has 210 valence electrons. The van der Waals surface area contributed by atoms with Gasteiger partial charge in [0, 0.05) is 59.1 Å². The Balaban J connectivity index is 1.45. The smallest absolute Gasteiger partial charge is 0.258 e. The highest BCUT2D eigenvalue weighted by Gasteiger charge is 2.46. The Labute approximate surface area is 235 Å². The lowest BCUT2D eigenvalue weighted by Crippen LogP contribution is -2.66. The van der Waals surface area contributed by atoms with Gasteiger partial charge in [0.1, 0.15) is 5.03 Å². The summed E-state index contributed by atoms with van der Waals surface area (Å²) in [5.74, 6) is -0.266. The van der Waals surface area contributed by atoms with Gasteiger partial charge in [-0.05, 0) is 38.1 Å². The van der Waals surface area contributed by atoms with Crippen molar-refractivity contribution in [1.82, 2.24) is 24.2 Å². The minimum absolute atomic E-state index is 0.0642. The van der Waals surface area contributed by atoms with E-state index in [-0.39, 0.29) is 23.7 Å². The van der Waals surface area contributed by atoms with Crippen molar-refractivity contribution in [2.24, 2.45) is 0 Å². The SMILES string of the molecule is CC(O)C1CN(S(=O)(=O)c2cc3cc(Cl)ccc3[nH]2)CC(C(C)O)N1C(=O)c1cnc(-c2cc[n+]([O-])cc2)nc1. The van der Waals surface area contributed by atoms with Gasteiger partial charge in [0.2, 0.25) is 0 Å². The van der Waals surface area contributed by atoms with E-state index in [9.17, 15) is 28.6 Å². The van der Waals surface area contributed by atoms with Crippen molar-refractivity contribution in [3.63, 3.8) is 0 Å². The number of piperazine rings is 1. The summed E-state index contributed by atoms with van der Waals surface area (Å²) in [4.78, 5) is 26.4. The Morgan fingerprint density at radius 2 is 1.68 bits per heavy atom. The second-order valence-corrected chi connectivity index (χ2v) is 12.1. The molecular weight excluding hydrogens is 560 g/mol. The molecule has 4 aromatic rings. The molecule has 1 aromatic carbocycles. The van der Waals surface area contributed by atoms with Crippen LogP contribution < -0.4 is 4.73 Å². The second-order valence-electron chi connectivity index (χ2n) is 9.76. The first-order chi connectivity index (χ1) is 19.0. The number of aromatic nitrogens is 4. The Bertz CT molecular complexity index is 1620. The number of nitrogens with one attached hydrogen (secondary N) is 1. The number of amides is 1. The van der Waals surface area contributed by atoms with Gasteiger partial charge < -0.3 is 25.3 Å². The van der Waals surface area contributed by atoms with Crippen molar-refractivity contribution in [2.45, 2.75) is 43.2 Å². The fourth-order valence-electron chi connectivity index (χ4n) is 4.83. The molecule has 1 aliphatic rings. The number of H-pyrrole nitrogens is 1. The molecule has 3 aromatic heterocycles. The van der Waals surface area contributed by atoms with E-state index in [0.717, 1.165) is 4.31 Å². The third-order valence-electron chi connectivity index (χ3n) is 6.98. The van der Waals surface area contributed by atoms with Crippen molar-refractivity contribution in [3.05, 3.63) is 77.0 Å². The van der Waals surface area contributed by atoms with Crippen LogP contribution in [0.1, 0.15) is 24.2 Å². The third kappa shape index (κ3) is 5.25. The van der Waals surface area contributed by atoms with Crippen LogP contribution in [0.15, 0.2) is 66.2 Å². The minimum Gasteiger partial charge on any atom is -0.619 e. The summed E-state index contributed by atoms with van der Waals surface area (Å²) in [7, 11) is -4.10. The monoisotopic (exact) mass is 586 g/mol. The molecule has 4 atom stereocenters. The van der Waals surface area contributed by atoms with Crippen LogP contribution in [-0.2, 0) is 10.0 Å². The van der Waals surface area contributed by atoms with Gasteiger partial charge in [-0.15, -0.1) is 0 Å². The molecule has 4 heterocycles. The number of aromatic amines is 1. The number of aliphatic hydroxyl groups is 2. The summed E-state index contributed by atoms with van der Waals surface area (Å²) in [6.45, 7) is 2.51. The molecule has 5 rings (SSSR count). The highest BCUT2D eigenvalue weighted by atomic mass is 35.5. The number of fused-ring (bicyclic) bond motifs is 1. The number of hydrogen-bond acceptors (Lipinski definition) is 8. The average Bonchev–Trinajstić information content (AvgIpc) is 3.36. The number of sulfonamides is 1. The maximum absolute atomic E-state index is 13.7. The van der Waals surface area contributed by atoms with Crippen LogP contribution in [0, 0.1) is 5.21 Å². The molecule has 0 aliphatic carbocycles. The van der Waals surface area contributed by atoms with E-state index in [1.807, 2.05) is 0 Å².